The SMILES string of the molecule is CC1CP(Cc2ccccc2)CCCPCCP1. The number of hydrogen-bond donors (Lipinski definition) is 0. The average Bonchev–Trinajstić information content (AvgIpc) is 2.39. The minimum atomic E-state index is 0.251. The first kappa shape index (κ1) is 14.9. The first-order chi connectivity index (χ1) is 8.84. The lowest BCUT2D eigenvalue weighted by Crippen LogP contribution is -2.07. The monoisotopic (exact) mass is 298 g/mol. The molecule has 0 bridgehead atoms. The van der Waals surface area contributed by atoms with Gasteiger partial charge in [-0.05, 0) is 54.6 Å². The summed E-state index contributed by atoms with van der Waals surface area (Å²) in [4.78, 5) is 0. The summed E-state index contributed by atoms with van der Waals surface area (Å²) in [6.45, 7) is 2.49. The van der Waals surface area contributed by atoms with Crippen LogP contribution in [0.1, 0.15) is 18.9 Å². The fourth-order valence-corrected chi connectivity index (χ4v) is 9.11. The van der Waals surface area contributed by atoms with E-state index in [4.69, 9.17) is 0 Å². The molecule has 1 aromatic carbocycles. The van der Waals surface area contributed by atoms with E-state index in [0.29, 0.717) is 0 Å². The molecule has 1 aliphatic heterocycles. The van der Waals surface area contributed by atoms with Crippen LogP contribution >= 0.6 is 25.1 Å². The molecule has 0 amide bonds. The predicted octanol–water partition coefficient (Wildman–Crippen LogP) is 4.82. The highest BCUT2D eigenvalue weighted by Gasteiger charge is 2.14. The highest BCUT2D eigenvalue weighted by Crippen LogP contribution is 2.45. The van der Waals surface area contributed by atoms with E-state index in [1.165, 1.54) is 60.6 Å². The van der Waals surface area contributed by atoms with Crippen molar-refractivity contribution in [2.24, 2.45) is 0 Å². The second-order valence-corrected chi connectivity index (χ2v) is 11.0. The largest absolute Gasteiger partial charge is 0.122 e. The van der Waals surface area contributed by atoms with Gasteiger partial charge in [-0.2, -0.15) is 0 Å². The van der Waals surface area contributed by atoms with Crippen molar-refractivity contribution in [2.45, 2.75) is 25.2 Å². The maximum atomic E-state index is 2.49. The van der Waals surface area contributed by atoms with Gasteiger partial charge >= 0.3 is 0 Å². The Kier molecular flexibility index (Phi) is 7.15. The van der Waals surface area contributed by atoms with Gasteiger partial charge in [-0.3, -0.25) is 0 Å². The van der Waals surface area contributed by atoms with Gasteiger partial charge in [0.1, 0.15) is 0 Å². The molecule has 0 aromatic heterocycles. The van der Waals surface area contributed by atoms with Gasteiger partial charge < -0.3 is 0 Å². The molecule has 1 saturated heterocycles. The molecule has 100 valence electrons. The van der Waals surface area contributed by atoms with Crippen LogP contribution < -0.4 is 0 Å². The van der Waals surface area contributed by atoms with Crippen molar-refractivity contribution in [2.75, 3.05) is 30.8 Å². The fourth-order valence-electron chi connectivity index (χ4n) is 2.49. The zero-order valence-corrected chi connectivity index (χ0v) is 14.3. The van der Waals surface area contributed by atoms with Crippen molar-refractivity contribution in [3.8, 4) is 0 Å². The predicted molar refractivity (Wildman–Crippen MR) is 92.1 cm³/mol. The van der Waals surface area contributed by atoms with Crippen molar-refractivity contribution < 1.29 is 0 Å². The Hall–Kier alpha value is 0.510. The van der Waals surface area contributed by atoms with Crippen molar-refractivity contribution >= 4 is 25.1 Å². The van der Waals surface area contributed by atoms with Crippen molar-refractivity contribution in [3.05, 3.63) is 35.9 Å². The van der Waals surface area contributed by atoms with Crippen molar-refractivity contribution in [1.82, 2.24) is 0 Å². The normalized spacial score (nSPS) is 29.4. The Morgan fingerprint density at radius 1 is 1.17 bits per heavy atom. The zero-order valence-electron chi connectivity index (χ0n) is 11.4. The van der Waals surface area contributed by atoms with Gasteiger partial charge in [0.05, 0.1) is 0 Å². The van der Waals surface area contributed by atoms with E-state index in [-0.39, 0.29) is 7.92 Å². The Balaban J connectivity index is 1.90. The Bertz CT molecular complexity index is 326. The van der Waals surface area contributed by atoms with E-state index in [0.717, 1.165) is 5.66 Å². The van der Waals surface area contributed by atoms with Crippen LogP contribution in [-0.2, 0) is 6.16 Å². The molecule has 1 aromatic rings. The van der Waals surface area contributed by atoms with Crippen molar-refractivity contribution in [3.63, 3.8) is 0 Å². The number of hydrogen-bond acceptors (Lipinski definition) is 0. The Labute approximate surface area is 117 Å². The lowest BCUT2D eigenvalue weighted by atomic mass is 10.2. The van der Waals surface area contributed by atoms with Crippen LogP contribution in [0.25, 0.3) is 0 Å². The highest BCUT2D eigenvalue weighted by atomic mass is 31.1. The molecule has 2 rings (SSSR count). The first-order valence-electron chi connectivity index (χ1n) is 7.05. The fraction of sp³-hybridized carbons (Fsp3) is 0.600. The van der Waals surface area contributed by atoms with Gasteiger partial charge in [-0.15, -0.1) is 25.1 Å². The molecule has 0 saturated carbocycles. The van der Waals surface area contributed by atoms with E-state index in [2.05, 4.69) is 37.3 Å². The number of rotatable bonds is 2. The zero-order chi connectivity index (χ0) is 12.6. The van der Waals surface area contributed by atoms with Crippen LogP contribution in [0.15, 0.2) is 30.3 Å². The molecular formula is C15H25P3. The average molecular weight is 298 g/mol. The third kappa shape index (κ3) is 5.65. The van der Waals surface area contributed by atoms with Crippen LogP contribution in [0.3, 0.4) is 0 Å². The summed E-state index contributed by atoms with van der Waals surface area (Å²) in [6.07, 6.45) is 10.4. The van der Waals surface area contributed by atoms with Crippen molar-refractivity contribution in [1.29, 1.82) is 0 Å². The van der Waals surface area contributed by atoms with Gasteiger partial charge in [0.15, 0.2) is 0 Å². The second-order valence-electron chi connectivity index (χ2n) is 5.18. The van der Waals surface area contributed by atoms with E-state index >= 15 is 0 Å². The van der Waals surface area contributed by atoms with Gasteiger partial charge in [0.25, 0.3) is 0 Å². The van der Waals surface area contributed by atoms with Gasteiger partial charge in [-0.25, -0.2) is 0 Å². The summed E-state index contributed by atoms with van der Waals surface area (Å²) in [6, 6.07) is 11.2. The summed E-state index contributed by atoms with van der Waals surface area (Å²) in [5, 5.41) is 0. The minimum absolute atomic E-state index is 0.251. The Morgan fingerprint density at radius 2 is 2.00 bits per heavy atom. The standard InChI is InChI=1S/C15H25P3/c1-14-12-18(11-5-8-16-9-10-17-14)13-15-6-3-2-4-7-15/h2-4,6-7,14,16-17H,5,8-13H2,1H3. The Morgan fingerprint density at radius 3 is 2.83 bits per heavy atom. The highest BCUT2D eigenvalue weighted by molar-refractivity contribution is 7.58. The molecule has 0 radical (unpaired) electrons. The molecule has 4 unspecified atom stereocenters. The number of benzene rings is 1. The second kappa shape index (κ2) is 8.64. The summed E-state index contributed by atoms with van der Waals surface area (Å²) >= 11 is 0. The molecular weight excluding hydrogens is 273 g/mol. The third-order valence-electron chi connectivity index (χ3n) is 3.40. The molecule has 18 heavy (non-hydrogen) atoms. The maximum absolute atomic E-state index is 2.49. The minimum Gasteiger partial charge on any atom is -0.122 e. The molecule has 1 aliphatic rings. The van der Waals surface area contributed by atoms with Crippen LogP contribution in [0, 0.1) is 0 Å². The lowest BCUT2D eigenvalue weighted by molar-refractivity contribution is 1.05. The molecule has 1 fully saturated rings. The van der Waals surface area contributed by atoms with Crippen LogP contribution in [-0.4, -0.2) is 36.5 Å². The first-order valence-corrected chi connectivity index (χ1v) is 11.6. The van der Waals surface area contributed by atoms with Gasteiger partial charge in [0.2, 0.25) is 0 Å². The van der Waals surface area contributed by atoms with E-state index in [9.17, 15) is 0 Å². The topological polar surface area (TPSA) is 0 Å². The molecule has 4 atom stereocenters. The van der Waals surface area contributed by atoms with E-state index < -0.39 is 0 Å². The van der Waals surface area contributed by atoms with E-state index in [1.54, 1.807) is 5.56 Å². The summed E-state index contributed by atoms with van der Waals surface area (Å²) < 4.78 is 0. The quantitative estimate of drug-likeness (QED) is 0.687. The summed E-state index contributed by atoms with van der Waals surface area (Å²) in [5.41, 5.74) is 2.56. The molecule has 0 nitrogen and oxygen atoms in total. The summed E-state index contributed by atoms with van der Waals surface area (Å²) in [7, 11) is 2.73. The maximum Gasteiger partial charge on any atom is -0.00729 e. The smallest absolute Gasteiger partial charge is 0.00729 e. The van der Waals surface area contributed by atoms with E-state index in [1.807, 2.05) is 0 Å². The third-order valence-corrected chi connectivity index (χ3v) is 9.82. The molecule has 0 aliphatic carbocycles. The molecule has 0 spiro atoms. The lowest BCUT2D eigenvalue weighted by Gasteiger charge is -2.23. The van der Waals surface area contributed by atoms with Gasteiger partial charge in [-0.1, -0.05) is 37.3 Å². The molecule has 3 heteroatoms. The van der Waals surface area contributed by atoms with Crippen LogP contribution in [0.5, 0.6) is 0 Å². The summed E-state index contributed by atoms with van der Waals surface area (Å²) in [5.74, 6) is 0. The molecule has 0 N–H and O–H groups in total. The van der Waals surface area contributed by atoms with Gasteiger partial charge in [0, 0.05) is 0 Å². The van der Waals surface area contributed by atoms with Crippen LogP contribution in [0.2, 0.25) is 0 Å². The van der Waals surface area contributed by atoms with Crippen LogP contribution in [0.4, 0.5) is 0 Å². The molecule has 1 heterocycles.